The first kappa shape index (κ1) is 34.6. The molecule has 3 aromatic carbocycles. The zero-order valence-corrected chi connectivity index (χ0v) is 28.9. The van der Waals surface area contributed by atoms with Gasteiger partial charge < -0.3 is 29.8 Å². The molecular formula is C39H39F2N7O4. The number of H-pyrrole nitrogens is 2. The molecule has 52 heavy (non-hydrogen) atoms. The van der Waals surface area contributed by atoms with Crippen molar-refractivity contribution >= 4 is 17.9 Å². The Morgan fingerprint density at radius 1 is 0.827 bits per heavy atom. The molecule has 5 aromatic rings. The lowest BCUT2D eigenvalue weighted by atomic mass is 10.00. The number of carbonyl (C=O) groups excluding carboxylic acids is 3. The largest absolute Gasteiger partial charge is 0.453 e. The van der Waals surface area contributed by atoms with Gasteiger partial charge in [0, 0.05) is 24.2 Å². The second-order valence-electron chi connectivity index (χ2n) is 13.2. The number of amides is 3. The Bertz CT molecular complexity index is 2100. The molecule has 7 rings (SSSR count). The molecule has 0 radical (unpaired) electrons. The molecule has 13 heteroatoms. The van der Waals surface area contributed by atoms with E-state index in [-0.39, 0.29) is 29.5 Å². The van der Waals surface area contributed by atoms with Crippen LogP contribution in [0.15, 0.2) is 79.1 Å². The third-order valence-electron chi connectivity index (χ3n) is 9.87. The molecule has 0 aliphatic carbocycles. The quantitative estimate of drug-likeness (QED) is 0.156. The first-order valence-corrected chi connectivity index (χ1v) is 17.4. The molecule has 3 amide bonds. The molecule has 0 saturated carbocycles. The van der Waals surface area contributed by atoms with E-state index >= 15 is 8.78 Å². The van der Waals surface area contributed by atoms with Gasteiger partial charge in [0.05, 0.1) is 49.4 Å². The Morgan fingerprint density at radius 2 is 1.37 bits per heavy atom. The summed E-state index contributed by atoms with van der Waals surface area (Å²) in [6.45, 7) is 2.74. The molecule has 2 aliphatic heterocycles. The van der Waals surface area contributed by atoms with Gasteiger partial charge in [-0.2, -0.15) is 0 Å². The molecule has 268 valence electrons. The molecule has 2 fully saturated rings. The molecule has 0 bridgehead atoms. The number of likely N-dealkylation sites (tertiary alicyclic amines) is 2. The van der Waals surface area contributed by atoms with Crippen LogP contribution < -0.4 is 5.32 Å². The fourth-order valence-electron chi connectivity index (χ4n) is 7.19. The number of halogens is 2. The standard InChI is InChI=1S/C39H39F2N7O4/c1-23(44-39(51)52-2)38(50)48-17-7-11-34(48)37-43-22-32(46-37)28-15-13-26(20-30(28)41)25-12-14-27(29(40)19-25)31-21-42-36(45-31)33-10-6-16-47(33)35(49)18-24-8-4-3-5-9-24/h3-5,8-9,12-15,19-23,33-34H,6-7,10-11,16-18H2,1-2H3,(H,42,45)(H,43,46)(H,44,51)/t23-,33-,34-/m0/s1. The van der Waals surface area contributed by atoms with Crippen molar-refractivity contribution in [2.45, 2.75) is 57.2 Å². The van der Waals surface area contributed by atoms with Crippen LogP contribution in [-0.4, -0.2) is 73.9 Å². The van der Waals surface area contributed by atoms with E-state index < -0.39 is 23.8 Å². The van der Waals surface area contributed by atoms with Crippen LogP contribution in [0.2, 0.25) is 0 Å². The number of benzene rings is 3. The van der Waals surface area contributed by atoms with Crippen molar-refractivity contribution in [2.75, 3.05) is 20.2 Å². The Balaban J connectivity index is 1.04. The number of nitrogens with zero attached hydrogens (tertiary/aromatic N) is 4. The molecule has 2 saturated heterocycles. The van der Waals surface area contributed by atoms with Crippen molar-refractivity contribution < 1.29 is 27.9 Å². The topological polar surface area (TPSA) is 136 Å². The minimum Gasteiger partial charge on any atom is -0.453 e. The van der Waals surface area contributed by atoms with Gasteiger partial charge in [-0.15, -0.1) is 0 Å². The van der Waals surface area contributed by atoms with Crippen molar-refractivity contribution in [3.63, 3.8) is 0 Å². The van der Waals surface area contributed by atoms with Crippen LogP contribution in [0, 0.1) is 11.6 Å². The summed E-state index contributed by atoms with van der Waals surface area (Å²) in [5.74, 6) is -0.108. The molecule has 4 heterocycles. The average molecular weight is 708 g/mol. The van der Waals surface area contributed by atoms with Gasteiger partial charge in [0.2, 0.25) is 11.8 Å². The number of imidazole rings is 2. The number of rotatable bonds is 9. The van der Waals surface area contributed by atoms with Crippen LogP contribution in [0.1, 0.15) is 61.9 Å². The van der Waals surface area contributed by atoms with Gasteiger partial charge in [0.1, 0.15) is 29.3 Å². The van der Waals surface area contributed by atoms with Gasteiger partial charge in [0.15, 0.2) is 0 Å². The number of carbonyl (C=O) groups is 3. The molecule has 0 spiro atoms. The number of aromatic amines is 2. The number of methoxy groups -OCH3 is 1. The molecule has 3 atom stereocenters. The minimum atomic E-state index is -0.784. The van der Waals surface area contributed by atoms with Crippen molar-refractivity contribution in [2.24, 2.45) is 0 Å². The van der Waals surface area contributed by atoms with E-state index in [0.717, 1.165) is 24.8 Å². The van der Waals surface area contributed by atoms with Crippen LogP contribution in [0.25, 0.3) is 33.6 Å². The molecular weight excluding hydrogens is 668 g/mol. The van der Waals surface area contributed by atoms with E-state index in [9.17, 15) is 14.4 Å². The Kier molecular flexibility index (Phi) is 9.84. The fourth-order valence-corrected chi connectivity index (χ4v) is 7.19. The summed E-state index contributed by atoms with van der Waals surface area (Å²) < 4.78 is 35.8. The molecule has 3 N–H and O–H groups in total. The van der Waals surface area contributed by atoms with Crippen molar-refractivity contribution in [3.8, 4) is 33.6 Å². The number of hydrogen-bond donors (Lipinski definition) is 3. The Labute approximate surface area is 299 Å². The third kappa shape index (κ3) is 7.03. The summed E-state index contributed by atoms with van der Waals surface area (Å²) in [7, 11) is 1.23. The van der Waals surface area contributed by atoms with Crippen LogP contribution in [-0.2, 0) is 20.7 Å². The highest BCUT2D eigenvalue weighted by Crippen LogP contribution is 2.36. The van der Waals surface area contributed by atoms with Crippen molar-refractivity contribution in [3.05, 3.63) is 108 Å². The van der Waals surface area contributed by atoms with E-state index in [4.69, 9.17) is 0 Å². The van der Waals surface area contributed by atoms with Crippen LogP contribution >= 0.6 is 0 Å². The summed E-state index contributed by atoms with van der Waals surface area (Å²) in [4.78, 5) is 56.7. The van der Waals surface area contributed by atoms with E-state index in [1.807, 2.05) is 35.2 Å². The summed E-state index contributed by atoms with van der Waals surface area (Å²) in [5, 5.41) is 2.50. The zero-order valence-electron chi connectivity index (χ0n) is 28.9. The number of hydrogen-bond acceptors (Lipinski definition) is 6. The monoisotopic (exact) mass is 707 g/mol. The highest BCUT2D eigenvalue weighted by atomic mass is 19.1. The van der Waals surface area contributed by atoms with E-state index in [1.54, 1.807) is 42.3 Å². The molecule has 0 unspecified atom stereocenters. The minimum absolute atomic E-state index is 0.0295. The van der Waals surface area contributed by atoms with Gasteiger partial charge in [-0.05, 0) is 73.6 Å². The summed E-state index contributed by atoms with van der Waals surface area (Å²) in [6.07, 6.45) is 5.78. The number of ether oxygens (including phenoxy) is 1. The van der Waals surface area contributed by atoms with Crippen molar-refractivity contribution in [1.82, 2.24) is 35.1 Å². The van der Waals surface area contributed by atoms with Gasteiger partial charge in [-0.3, -0.25) is 9.59 Å². The number of nitrogens with one attached hydrogen (secondary N) is 3. The maximum atomic E-state index is 15.6. The Hall–Kier alpha value is -5.85. The van der Waals surface area contributed by atoms with Crippen LogP contribution in [0.5, 0.6) is 0 Å². The number of alkyl carbamates (subject to hydrolysis) is 1. The van der Waals surface area contributed by atoms with Gasteiger partial charge in [0.25, 0.3) is 0 Å². The predicted molar refractivity (Wildman–Crippen MR) is 189 cm³/mol. The highest BCUT2D eigenvalue weighted by molar-refractivity contribution is 5.86. The molecule has 2 aliphatic rings. The normalized spacial score (nSPS) is 17.7. The molecule has 2 aromatic heterocycles. The average Bonchev–Trinajstić information content (AvgIpc) is 3.98. The van der Waals surface area contributed by atoms with E-state index in [1.165, 1.54) is 25.4 Å². The highest BCUT2D eigenvalue weighted by Gasteiger charge is 2.35. The van der Waals surface area contributed by atoms with Crippen molar-refractivity contribution in [1.29, 1.82) is 0 Å². The summed E-state index contributed by atoms with van der Waals surface area (Å²) in [6, 6.07) is 17.7. The van der Waals surface area contributed by atoms with Gasteiger partial charge in [-0.1, -0.05) is 42.5 Å². The van der Waals surface area contributed by atoms with E-state index in [2.05, 4.69) is 30.0 Å². The third-order valence-corrected chi connectivity index (χ3v) is 9.87. The second kappa shape index (κ2) is 14.8. The SMILES string of the molecule is COC(=O)N[C@@H](C)C(=O)N1CCC[C@H]1c1ncc(-c2ccc(-c3ccc(-c4cnc([C@@H]5CCCN5C(=O)Cc5ccccc5)[nH]4)c(F)c3)cc2F)[nH]1. The maximum Gasteiger partial charge on any atom is 0.407 e. The van der Waals surface area contributed by atoms with Crippen LogP contribution in [0.4, 0.5) is 13.6 Å². The number of aromatic nitrogens is 4. The summed E-state index contributed by atoms with van der Waals surface area (Å²) in [5.41, 5.74) is 3.49. The van der Waals surface area contributed by atoms with Crippen LogP contribution in [0.3, 0.4) is 0 Å². The van der Waals surface area contributed by atoms with Gasteiger partial charge >= 0.3 is 6.09 Å². The van der Waals surface area contributed by atoms with Gasteiger partial charge in [-0.25, -0.2) is 23.5 Å². The Morgan fingerprint density at radius 3 is 1.90 bits per heavy atom. The lowest BCUT2D eigenvalue weighted by Crippen LogP contribution is -2.46. The maximum absolute atomic E-state index is 15.6. The first-order chi connectivity index (χ1) is 25.2. The first-order valence-electron chi connectivity index (χ1n) is 17.4. The van der Waals surface area contributed by atoms with E-state index in [0.29, 0.717) is 65.7 Å². The predicted octanol–water partition coefficient (Wildman–Crippen LogP) is 6.73. The fraction of sp³-hybridized carbons (Fsp3) is 0.308. The zero-order chi connectivity index (χ0) is 36.4. The smallest absolute Gasteiger partial charge is 0.407 e. The summed E-state index contributed by atoms with van der Waals surface area (Å²) >= 11 is 0. The lowest BCUT2D eigenvalue weighted by Gasteiger charge is -2.26. The second-order valence-corrected chi connectivity index (χ2v) is 13.2. The lowest BCUT2D eigenvalue weighted by molar-refractivity contribution is -0.134. The molecule has 11 nitrogen and oxygen atoms in total.